The minimum absolute atomic E-state index is 0.120. The van der Waals surface area contributed by atoms with Crippen molar-refractivity contribution in [3.05, 3.63) is 95.3 Å². The molecule has 0 radical (unpaired) electrons. The van der Waals surface area contributed by atoms with Crippen molar-refractivity contribution in [2.45, 2.75) is 19.2 Å². The maximum Gasteiger partial charge on any atom is 0.255 e. The van der Waals surface area contributed by atoms with E-state index in [0.29, 0.717) is 23.4 Å². The van der Waals surface area contributed by atoms with Crippen molar-refractivity contribution >= 4 is 29.3 Å². The van der Waals surface area contributed by atoms with E-state index in [9.17, 15) is 9.59 Å². The number of anilines is 1. The summed E-state index contributed by atoms with van der Waals surface area (Å²) in [5, 5.41) is 5.78. The van der Waals surface area contributed by atoms with E-state index >= 15 is 0 Å². The molecule has 3 rings (SSSR count). The zero-order valence-corrected chi connectivity index (χ0v) is 17.0. The third kappa shape index (κ3) is 6.19. The fourth-order valence-electron chi connectivity index (χ4n) is 2.72. The van der Waals surface area contributed by atoms with Crippen LogP contribution in [0.3, 0.4) is 0 Å². The number of nitrogens with zero attached hydrogens (tertiary/aromatic N) is 1. The molecular formula is C23H23N3O2S. The summed E-state index contributed by atoms with van der Waals surface area (Å²) in [5.41, 5.74) is 3.97. The van der Waals surface area contributed by atoms with E-state index < -0.39 is 0 Å². The Hall–Kier alpha value is -3.12. The van der Waals surface area contributed by atoms with Crippen LogP contribution in [0.25, 0.3) is 0 Å². The maximum atomic E-state index is 12.4. The molecule has 1 aromatic heterocycles. The Bertz CT molecular complexity index is 959. The lowest BCUT2D eigenvalue weighted by Gasteiger charge is -2.09. The molecule has 0 aliphatic rings. The van der Waals surface area contributed by atoms with Crippen molar-refractivity contribution in [1.82, 2.24) is 10.3 Å². The van der Waals surface area contributed by atoms with E-state index in [1.165, 1.54) is 5.56 Å². The van der Waals surface area contributed by atoms with Gasteiger partial charge in [-0.3, -0.25) is 14.6 Å². The van der Waals surface area contributed by atoms with Gasteiger partial charge in [0.15, 0.2) is 0 Å². The van der Waals surface area contributed by atoms with Crippen LogP contribution in [0.15, 0.2) is 73.1 Å². The molecule has 0 spiro atoms. The molecule has 6 heteroatoms. The lowest BCUT2D eigenvalue weighted by molar-refractivity contribution is 0.0950. The number of nitrogens with one attached hydrogen (secondary N) is 2. The van der Waals surface area contributed by atoms with Gasteiger partial charge in [-0.25, -0.2) is 0 Å². The number of hydrogen-bond donors (Lipinski definition) is 2. The predicted octanol–water partition coefficient (Wildman–Crippen LogP) is 4.52. The van der Waals surface area contributed by atoms with Crippen molar-refractivity contribution < 1.29 is 9.59 Å². The minimum Gasteiger partial charge on any atom is -0.348 e. The molecule has 0 saturated carbocycles. The summed E-state index contributed by atoms with van der Waals surface area (Å²) >= 11 is 1.85. The zero-order chi connectivity index (χ0) is 20.5. The first-order chi connectivity index (χ1) is 14.2. The van der Waals surface area contributed by atoms with Gasteiger partial charge in [-0.05, 0) is 53.3 Å². The fraction of sp³-hybridized carbons (Fsp3) is 0.174. The molecule has 0 saturated heterocycles. The summed E-state index contributed by atoms with van der Waals surface area (Å²) in [6.07, 6.45) is 3.16. The van der Waals surface area contributed by atoms with Crippen molar-refractivity contribution in [3.63, 3.8) is 0 Å². The Labute approximate surface area is 175 Å². The zero-order valence-electron chi connectivity index (χ0n) is 16.2. The standard InChI is InChI=1S/C23H23N3O2S/c1-2-29-16-17-6-8-19(9-7-17)22(27)25-15-18-4-3-5-21(14-18)26-23(28)20-10-12-24-13-11-20/h3-14H,2,15-16H2,1H3,(H,25,27)(H,26,28). The molecule has 29 heavy (non-hydrogen) atoms. The summed E-state index contributed by atoms with van der Waals surface area (Å²) in [4.78, 5) is 28.6. The second-order valence-corrected chi connectivity index (χ2v) is 7.68. The molecule has 0 bridgehead atoms. The van der Waals surface area contributed by atoms with Gasteiger partial charge < -0.3 is 10.6 Å². The lowest BCUT2D eigenvalue weighted by Crippen LogP contribution is -2.22. The Morgan fingerprint density at radius 2 is 1.62 bits per heavy atom. The monoisotopic (exact) mass is 405 g/mol. The van der Waals surface area contributed by atoms with E-state index in [0.717, 1.165) is 17.1 Å². The number of aromatic nitrogens is 1. The van der Waals surface area contributed by atoms with E-state index in [2.05, 4.69) is 22.5 Å². The van der Waals surface area contributed by atoms with Gasteiger partial charge >= 0.3 is 0 Å². The number of carbonyl (C=O) groups excluding carboxylic acids is 2. The largest absolute Gasteiger partial charge is 0.348 e. The maximum absolute atomic E-state index is 12.4. The van der Waals surface area contributed by atoms with Gasteiger partial charge in [0.1, 0.15) is 0 Å². The molecule has 3 aromatic rings. The normalized spacial score (nSPS) is 10.4. The molecule has 2 aromatic carbocycles. The second kappa shape index (κ2) is 10.4. The molecule has 0 unspecified atom stereocenters. The van der Waals surface area contributed by atoms with E-state index in [-0.39, 0.29) is 11.8 Å². The number of pyridine rings is 1. The number of carbonyl (C=O) groups is 2. The van der Waals surface area contributed by atoms with Crippen LogP contribution < -0.4 is 10.6 Å². The number of rotatable bonds is 8. The molecule has 2 N–H and O–H groups in total. The third-order valence-corrected chi connectivity index (χ3v) is 5.22. The van der Waals surface area contributed by atoms with Crippen LogP contribution >= 0.6 is 11.8 Å². The summed E-state index contributed by atoms with van der Waals surface area (Å²) in [5.74, 6) is 1.71. The van der Waals surface area contributed by atoms with E-state index in [4.69, 9.17) is 0 Å². The van der Waals surface area contributed by atoms with Gasteiger partial charge in [0.25, 0.3) is 11.8 Å². The Morgan fingerprint density at radius 1 is 0.897 bits per heavy atom. The van der Waals surface area contributed by atoms with Gasteiger partial charge in [0.2, 0.25) is 0 Å². The smallest absolute Gasteiger partial charge is 0.255 e. The third-order valence-electron chi connectivity index (χ3n) is 4.27. The van der Waals surface area contributed by atoms with Gasteiger partial charge in [0, 0.05) is 41.5 Å². The molecule has 1 heterocycles. The van der Waals surface area contributed by atoms with Crippen LogP contribution in [0.5, 0.6) is 0 Å². The minimum atomic E-state index is -0.199. The molecule has 0 fully saturated rings. The van der Waals surface area contributed by atoms with Gasteiger partial charge in [-0.15, -0.1) is 0 Å². The number of thioether (sulfide) groups is 1. The van der Waals surface area contributed by atoms with Crippen LogP contribution in [0.1, 0.15) is 38.8 Å². The lowest BCUT2D eigenvalue weighted by atomic mass is 10.1. The predicted molar refractivity (Wildman–Crippen MR) is 118 cm³/mol. The van der Waals surface area contributed by atoms with Crippen LogP contribution in [-0.4, -0.2) is 22.6 Å². The second-order valence-electron chi connectivity index (χ2n) is 6.41. The fourth-order valence-corrected chi connectivity index (χ4v) is 3.35. The average molecular weight is 406 g/mol. The van der Waals surface area contributed by atoms with Crippen LogP contribution in [-0.2, 0) is 12.3 Å². The van der Waals surface area contributed by atoms with Gasteiger partial charge in [-0.1, -0.05) is 31.2 Å². The molecular weight excluding hydrogens is 382 g/mol. The molecule has 148 valence electrons. The molecule has 0 atom stereocenters. The Kier molecular flexibility index (Phi) is 7.41. The summed E-state index contributed by atoms with van der Waals surface area (Å²) in [6.45, 7) is 2.51. The first kappa shape index (κ1) is 20.6. The SMILES string of the molecule is CCSCc1ccc(C(=O)NCc2cccc(NC(=O)c3ccncc3)c2)cc1. The Balaban J connectivity index is 1.56. The molecule has 5 nitrogen and oxygen atoms in total. The number of benzene rings is 2. The van der Waals surface area contributed by atoms with Crippen molar-refractivity contribution in [1.29, 1.82) is 0 Å². The molecule has 0 aliphatic heterocycles. The van der Waals surface area contributed by atoms with Crippen molar-refractivity contribution in [3.8, 4) is 0 Å². The summed E-state index contributed by atoms with van der Waals surface area (Å²) in [6, 6.07) is 18.4. The average Bonchev–Trinajstić information content (AvgIpc) is 2.77. The number of amides is 2. The highest BCUT2D eigenvalue weighted by molar-refractivity contribution is 7.98. The quantitative estimate of drug-likeness (QED) is 0.578. The van der Waals surface area contributed by atoms with Gasteiger partial charge in [-0.2, -0.15) is 11.8 Å². The highest BCUT2D eigenvalue weighted by Crippen LogP contribution is 2.14. The highest BCUT2D eigenvalue weighted by atomic mass is 32.2. The Morgan fingerprint density at radius 3 is 2.34 bits per heavy atom. The molecule has 0 aliphatic carbocycles. The van der Waals surface area contributed by atoms with E-state index in [1.807, 2.05) is 60.3 Å². The highest BCUT2D eigenvalue weighted by Gasteiger charge is 2.08. The first-order valence-corrected chi connectivity index (χ1v) is 10.6. The van der Waals surface area contributed by atoms with Crippen LogP contribution in [0.2, 0.25) is 0 Å². The van der Waals surface area contributed by atoms with Gasteiger partial charge in [0.05, 0.1) is 0 Å². The van der Waals surface area contributed by atoms with Crippen molar-refractivity contribution in [2.24, 2.45) is 0 Å². The first-order valence-electron chi connectivity index (χ1n) is 9.41. The number of hydrogen-bond acceptors (Lipinski definition) is 4. The summed E-state index contributed by atoms with van der Waals surface area (Å²) < 4.78 is 0. The van der Waals surface area contributed by atoms with Crippen LogP contribution in [0, 0.1) is 0 Å². The van der Waals surface area contributed by atoms with Crippen molar-refractivity contribution in [2.75, 3.05) is 11.1 Å². The molecule has 2 amide bonds. The summed E-state index contributed by atoms with van der Waals surface area (Å²) in [7, 11) is 0. The van der Waals surface area contributed by atoms with E-state index in [1.54, 1.807) is 24.5 Å². The van der Waals surface area contributed by atoms with Crippen LogP contribution in [0.4, 0.5) is 5.69 Å². The topological polar surface area (TPSA) is 71.1 Å².